The third-order valence-electron chi connectivity index (χ3n) is 4.35. The van der Waals surface area contributed by atoms with Crippen LogP contribution in [0.3, 0.4) is 0 Å². The lowest BCUT2D eigenvalue weighted by Gasteiger charge is -2.10. The summed E-state index contributed by atoms with van der Waals surface area (Å²) in [4.78, 5) is 26.1. The van der Waals surface area contributed by atoms with Gasteiger partial charge in [-0.1, -0.05) is 19.1 Å². The summed E-state index contributed by atoms with van der Waals surface area (Å²) >= 11 is 1.44. The van der Waals surface area contributed by atoms with Gasteiger partial charge < -0.3 is 15.4 Å². The standard InChI is InChI=1S/C20H24N2O3S/c1-2-9-21-20(24)18-7-6-17(26-18)15-4-3-5-16(11-15)19(23)22-12-14-8-10-25-13-14/h3-7,11,14H,2,8-10,12-13H2,1H3,(H,21,24)(H,22,23)/t14-/m0/s1. The van der Waals surface area contributed by atoms with Crippen LogP contribution in [0.15, 0.2) is 36.4 Å². The van der Waals surface area contributed by atoms with Gasteiger partial charge in [-0.3, -0.25) is 9.59 Å². The molecule has 1 saturated heterocycles. The number of hydrogen-bond acceptors (Lipinski definition) is 4. The average Bonchev–Trinajstić information content (AvgIpc) is 3.36. The molecular formula is C20H24N2O3S. The van der Waals surface area contributed by atoms with E-state index in [0.29, 0.717) is 29.4 Å². The van der Waals surface area contributed by atoms with E-state index in [1.807, 2.05) is 43.3 Å². The molecule has 0 bridgehead atoms. The summed E-state index contributed by atoms with van der Waals surface area (Å²) in [5, 5.41) is 5.87. The maximum atomic E-state index is 12.4. The quantitative estimate of drug-likeness (QED) is 0.783. The van der Waals surface area contributed by atoms with Gasteiger partial charge in [0.15, 0.2) is 0 Å². The molecule has 5 nitrogen and oxygen atoms in total. The summed E-state index contributed by atoms with van der Waals surface area (Å²) in [5.41, 5.74) is 1.58. The maximum absolute atomic E-state index is 12.4. The average molecular weight is 372 g/mol. The molecule has 2 N–H and O–H groups in total. The molecule has 0 saturated carbocycles. The van der Waals surface area contributed by atoms with Gasteiger partial charge in [0, 0.05) is 36.1 Å². The molecule has 1 aliphatic heterocycles. The van der Waals surface area contributed by atoms with Crippen LogP contribution >= 0.6 is 11.3 Å². The molecule has 3 rings (SSSR count). The molecule has 1 aromatic carbocycles. The SMILES string of the molecule is CCCNC(=O)c1ccc(-c2cccc(C(=O)NC[C@@H]3CCOC3)c2)s1. The van der Waals surface area contributed by atoms with Crippen LogP contribution in [0.5, 0.6) is 0 Å². The zero-order chi connectivity index (χ0) is 18.4. The van der Waals surface area contributed by atoms with Crippen molar-refractivity contribution in [2.75, 3.05) is 26.3 Å². The minimum absolute atomic E-state index is 0.0456. The zero-order valence-corrected chi connectivity index (χ0v) is 15.7. The highest BCUT2D eigenvalue weighted by atomic mass is 32.1. The van der Waals surface area contributed by atoms with Crippen molar-refractivity contribution in [1.29, 1.82) is 0 Å². The zero-order valence-electron chi connectivity index (χ0n) is 14.9. The number of benzene rings is 1. The fourth-order valence-corrected chi connectivity index (χ4v) is 3.76. The van der Waals surface area contributed by atoms with Crippen molar-refractivity contribution in [2.45, 2.75) is 19.8 Å². The molecule has 1 fully saturated rings. The molecule has 26 heavy (non-hydrogen) atoms. The monoisotopic (exact) mass is 372 g/mol. The van der Waals surface area contributed by atoms with Gasteiger partial charge in [-0.2, -0.15) is 0 Å². The highest BCUT2D eigenvalue weighted by molar-refractivity contribution is 7.17. The highest BCUT2D eigenvalue weighted by Gasteiger charge is 2.17. The van der Waals surface area contributed by atoms with E-state index in [9.17, 15) is 9.59 Å². The molecule has 1 aromatic heterocycles. The smallest absolute Gasteiger partial charge is 0.261 e. The number of hydrogen-bond donors (Lipinski definition) is 2. The molecule has 0 aliphatic carbocycles. The van der Waals surface area contributed by atoms with Crippen LogP contribution in [0, 0.1) is 5.92 Å². The van der Waals surface area contributed by atoms with Gasteiger partial charge in [0.1, 0.15) is 0 Å². The van der Waals surface area contributed by atoms with Crippen LogP contribution in [-0.4, -0.2) is 38.1 Å². The van der Waals surface area contributed by atoms with Gasteiger partial charge in [0.25, 0.3) is 11.8 Å². The lowest BCUT2D eigenvalue weighted by molar-refractivity contribution is 0.0941. The number of thiophene rings is 1. The van der Waals surface area contributed by atoms with E-state index >= 15 is 0 Å². The van der Waals surface area contributed by atoms with E-state index in [0.717, 1.165) is 36.5 Å². The molecule has 2 aromatic rings. The van der Waals surface area contributed by atoms with Crippen LogP contribution in [-0.2, 0) is 4.74 Å². The molecule has 2 amide bonds. The largest absolute Gasteiger partial charge is 0.381 e. The summed E-state index contributed by atoms with van der Waals surface area (Å²) in [6.07, 6.45) is 1.91. The predicted octanol–water partition coefficient (Wildman–Crippen LogP) is 3.32. The van der Waals surface area contributed by atoms with Gasteiger partial charge in [-0.05, 0) is 42.7 Å². The molecule has 0 radical (unpaired) electrons. The minimum Gasteiger partial charge on any atom is -0.381 e. The normalized spacial score (nSPS) is 16.4. The summed E-state index contributed by atoms with van der Waals surface area (Å²) in [5.74, 6) is 0.288. The fourth-order valence-electron chi connectivity index (χ4n) is 2.84. The van der Waals surface area contributed by atoms with Crippen molar-refractivity contribution in [1.82, 2.24) is 10.6 Å². The van der Waals surface area contributed by atoms with Crippen LogP contribution in [0.25, 0.3) is 10.4 Å². The van der Waals surface area contributed by atoms with E-state index in [1.165, 1.54) is 11.3 Å². The van der Waals surface area contributed by atoms with E-state index < -0.39 is 0 Å². The summed E-state index contributed by atoms with van der Waals surface area (Å²) < 4.78 is 5.34. The highest BCUT2D eigenvalue weighted by Crippen LogP contribution is 2.28. The lowest BCUT2D eigenvalue weighted by atomic mass is 10.1. The first-order chi connectivity index (χ1) is 12.7. The Bertz CT molecular complexity index is 766. The Morgan fingerprint density at radius 1 is 1.19 bits per heavy atom. The van der Waals surface area contributed by atoms with Crippen molar-refractivity contribution in [3.8, 4) is 10.4 Å². The number of ether oxygens (including phenoxy) is 1. The summed E-state index contributed by atoms with van der Waals surface area (Å²) in [7, 11) is 0. The second kappa shape index (κ2) is 8.96. The van der Waals surface area contributed by atoms with Gasteiger partial charge in [-0.15, -0.1) is 11.3 Å². The molecule has 138 valence electrons. The Hall–Kier alpha value is -2.18. The Morgan fingerprint density at radius 3 is 2.85 bits per heavy atom. The minimum atomic E-state index is -0.0729. The Labute approximate surface area is 157 Å². The lowest BCUT2D eigenvalue weighted by Crippen LogP contribution is -2.29. The molecular weight excluding hydrogens is 348 g/mol. The molecule has 0 unspecified atom stereocenters. The second-order valence-electron chi connectivity index (χ2n) is 6.44. The topological polar surface area (TPSA) is 67.4 Å². The van der Waals surface area contributed by atoms with Crippen molar-refractivity contribution >= 4 is 23.2 Å². The maximum Gasteiger partial charge on any atom is 0.261 e. The Kier molecular flexibility index (Phi) is 6.41. The Morgan fingerprint density at radius 2 is 2.08 bits per heavy atom. The molecule has 1 atom stereocenters. The fraction of sp³-hybridized carbons (Fsp3) is 0.400. The Balaban J connectivity index is 1.66. The van der Waals surface area contributed by atoms with Crippen molar-refractivity contribution < 1.29 is 14.3 Å². The van der Waals surface area contributed by atoms with Crippen LogP contribution < -0.4 is 10.6 Å². The first-order valence-corrected chi connectivity index (χ1v) is 9.83. The summed E-state index contributed by atoms with van der Waals surface area (Å²) in [6.45, 7) is 4.84. The molecule has 1 aliphatic rings. The van der Waals surface area contributed by atoms with Crippen LogP contribution in [0.2, 0.25) is 0 Å². The number of amides is 2. The van der Waals surface area contributed by atoms with Crippen molar-refractivity contribution in [2.24, 2.45) is 5.92 Å². The molecule has 0 spiro atoms. The van der Waals surface area contributed by atoms with E-state index in [2.05, 4.69) is 10.6 Å². The van der Waals surface area contributed by atoms with Gasteiger partial charge >= 0.3 is 0 Å². The molecule has 2 heterocycles. The molecule has 6 heteroatoms. The number of carbonyl (C=O) groups excluding carboxylic acids is 2. The first kappa shape index (κ1) is 18.6. The van der Waals surface area contributed by atoms with Gasteiger partial charge in [-0.25, -0.2) is 0 Å². The third kappa shape index (κ3) is 4.71. The predicted molar refractivity (Wildman–Crippen MR) is 104 cm³/mol. The van der Waals surface area contributed by atoms with Crippen molar-refractivity contribution in [3.05, 3.63) is 46.8 Å². The number of nitrogens with one attached hydrogen (secondary N) is 2. The van der Waals surface area contributed by atoms with Crippen LogP contribution in [0.1, 0.15) is 39.8 Å². The van der Waals surface area contributed by atoms with Gasteiger partial charge in [0.2, 0.25) is 0 Å². The first-order valence-electron chi connectivity index (χ1n) is 9.01. The third-order valence-corrected chi connectivity index (χ3v) is 5.48. The summed E-state index contributed by atoms with van der Waals surface area (Å²) in [6, 6.07) is 11.3. The number of rotatable bonds is 7. The van der Waals surface area contributed by atoms with Crippen molar-refractivity contribution in [3.63, 3.8) is 0 Å². The van der Waals surface area contributed by atoms with Gasteiger partial charge in [0.05, 0.1) is 11.5 Å². The van der Waals surface area contributed by atoms with E-state index in [1.54, 1.807) is 0 Å². The van der Waals surface area contributed by atoms with E-state index in [-0.39, 0.29) is 11.8 Å². The van der Waals surface area contributed by atoms with Crippen LogP contribution in [0.4, 0.5) is 0 Å². The number of carbonyl (C=O) groups is 2. The van der Waals surface area contributed by atoms with E-state index in [4.69, 9.17) is 4.74 Å². The second-order valence-corrected chi connectivity index (χ2v) is 7.52.